The van der Waals surface area contributed by atoms with E-state index in [2.05, 4.69) is 0 Å². The third-order valence-corrected chi connectivity index (χ3v) is 7.71. The van der Waals surface area contributed by atoms with Gasteiger partial charge in [0.15, 0.2) is 0 Å². The van der Waals surface area contributed by atoms with Crippen molar-refractivity contribution in [3.05, 3.63) is 0 Å². The van der Waals surface area contributed by atoms with E-state index in [4.69, 9.17) is 23.8 Å². The highest BCUT2D eigenvalue weighted by Gasteiger charge is 2.24. The second-order valence-corrected chi connectivity index (χ2v) is 10.2. The van der Waals surface area contributed by atoms with Crippen LogP contribution in [-0.4, -0.2) is 66.8 Å². The maximum Gasteiger partial charge on any atom is 0.474 e. The Morgan fingerprint density at radius 2 is 1.25 bits per heavy atom. The first kappa shape index (κ1) is 21.4. The molecule has 11 heteroatoms. The molecule has 0 amide bonds. The molecule has 0 fully saturated rings. The molecular formula is C9H21O6PS4. The van der Waals surface area contributed by atoms with Crippen molar-refractivity contribution >= 4 is 51.0 Å². The average molecular weight is 385 g/mol. The van der Waals surface area contributed by atoms with Gasteiger partial charge in [0.2, 0.25) is 0 Å². The summed E-state index contributed by atoms with van der Waals surface area (Å²) in [4.78, 5) is 0. The smallest absolute Gasteiger partial charge is 0.395 e. The SMILES string of the molecule is COP(=O)(OCCSSCCO)OCCSSCCO. The molecule has 20 heavy (non-hydrogen) atoms. The third kappa shape index (κ3) is 13.1. The van der Waals surface area contributed by atoms with Gasteiger partial charge in [-0.1, -0.05) is 43.2 Å². The first-order chi connectivity index (χ1) is 9.68. The quantitative estimate of drug-likeness (QED) is 0.249. The van der Waals surface area contributed by atoms with Crippen molar-refractivity contribution in [2.45, 2.75) is 0 Å². The standard InChI is InChI=1S/C9H21O6PS4/c1-13-16(12,14-4-8-19-17-6-2-10)15-5-9-20-18-7-3-11/h10-11H,2-9H2,1H3. The lowest BCUT2D eigenvalue weighted by Gasteiger charge is -2.15. The van der Waals surface area contributed by atoms with Crippen LogP contribution < -0.4 is 0 Å². The molecule has 0 spiro atoms. The fourth-order valence-electron chi connectivity index (χ4n) is 0.819. The van der Waals surface area contributed by atoms with Crippen molar-refractivity contribution in [3.8, 4) is 0 Å². The zero-order valence-corrected chi connectivity index (χ0v) is 15.4. The Morgan fingerprint density at radius 1 is 0.850 bits per heavy atom. The van der Waals surface area contributed by atoms with E-state index < -0.39 is 7.82 Å². The largest absolute Gasteiger partial charge is 0.474 e. The summed E-state index contributed by atoms with van der Waals surface area (Å²) in [6.07, 6.45) is 0. The van der Waals surface area contributed by atoms with Crippen molar-refractivity contribution in [1.82, 2.24) is 0 Å². The molecule has 0 aromatic carbocycles. The Labute approximate surface area is 135 Å². The van der Waals surface area contributed by atoms with E-state index in [9.17, 15) is 4.57 Å². The molecular weight excluding hydrogens is 363 g/mol. The Balaban J connectivity index is 3.60. The fourth-order valence-corrected chi connectivity index (χ4v) is 5.17. The van der Waals surface area contributed by atoms with E-state index in [1.165, 1.54) is 50.3 Å². The molecule has 0 rings (SSSR count). The van der Waals surface area contributed by atoms with Crippen molar-refractivity contribution in [3.63, 3.8) is 0 Å². The van der Waals surface area contributed by atoms with Crippen LogP contribution in [0.25, 0.3) is 0 Å². The minimum atomic E-state index is -3.46. The van der Waals surface area contributed by atoms with Gasteiger partial charge in [0.1, 0.15) is 0 Å². The summed E-state index contributed by atoms with van der Waals surface area (Å²) < 4.78 is 27.1. The second-order valence-electron chi connectivity index (χ2n) is 3.03. The number of aliphatic hydroxyl groups is 2. The van der Waals surface area contributed by atoms with Crippen LogP contribution in [0.15, 0.2) is 0 Å². The summed E-state index contributed by atoms with van der Waals surface area (Å²) in [7, 11) is 3.97. The summed E-state index contributed by atoms with van der Waals surface area (Å²) in [5.41, 5.74) is 0. The molecule has 0 aliphatic heterocycles. The number of hydrogen-bond acceptors (Lipinski definition) is 10. The van der Waals surface area contributed by atoms with Crippen LogP contribution in [0.2, 0.25) is 0 Å². The molecule has 0 saturated heterocycles. The molecule has 0 bridgehead atoms. The number of phosphoric acid groups is 1. The molecule has 0 aliphatic carbocycles. The van der Waals surface area contributed by atoms with Gasteiger partial charge in [0.25, 0.3) is 0 Å². The number of aliphatic hydroxyl groups excluding tert-OH is 2. The van der Waals surface area contributed by atoms with Crippen LogP contribution in [-0.2, 0) is 18.1 Å². The minimum absolute atomic E-state index is 0.143. The van der Waals surface area contributed by atoms with Crippen LogP contribution >= 0.6 is 51.0 Å². The molecule has 0 saturated carbocycles. The Hall–Kier alpha value is 1.43. The molecule has 0 aliphatic rings. The molecule has 0 heterocycles. The molecule has 122 valence electrons. The van der Waals surface area contributed by atoms with Gasteiger partial charge in [-0.3, -0.25) is 13.6 Å². The minimum Gasteiger partial charge on any atom is -0.395 e. The van der Waals surface area contributed by atoms with Gasteiger partial charge in [0, 0.05) is 30.1 Å². The molecule has 6 nitrogen and oxygen atoms in total. The van der Waals surface area contributed by atoms with Crippen molar-refractivity contribution in [2.75, 3.05) is 56.5 Å². The van der Waals surface area contributed by atoms with Gasteiger partial charge in [-0.05, 0) is 0 Å². The zero-order valence-electron chi connectivity index (χ0n) is 11.3. The fraction of sp³-hybridized carbons (Fsp3) is 1.00. The van der Waals surface area contributed by atoms with E-state index in [0.717, 1.165) is 0 Å². The second kappa shape index (κ2) is 15.3. The van der Waals surface area contributed by atoms with Crippen molar-refractivity contribution < 1.29 is 28.3 Å². The molecule has 0 radical (unpaired) electrons. The van der Waals surface area contributed by atoms with Crippen molar-refractivity contribution in [2.24, 2.45) is 0 Å². The molecule has 2 N–H and O–H groups in total. The van der Waals surface area contributed by atoms with Crippen molar-refractivity contribution in [1.29, 1.82) is 0 Å². The van der Waals surface area contributed by atoms with E-state index in [0.29, 0.717) is 23.0 Å². The molecule has 0 atom stereocenters. The van der Waals surface area contributed by atoms with E-state index in [1.807, 2.05) is 0 Å². The first-order valence-electron chi connectivity index (χ1n) is 5.84. The lowest BCUT2D eigenvalue weighted by molar-refractivity contribution is 0.143. The summed E-state index contributed by atoms with van der Waals surface area (Å²) in [5, 5.41) is 17.2. The van der Waals surface area contributed by atoms with Gasteiger partial charge in [-0.25, -0.2) is 4.57 Å². The molecule has 0 unspecified atom stereocenters. The summed E-state index contributed by atoms with van der Waals surface area (Å²) in [6, 6.07) is 0. The third-order valence-electron chi connectivity index (χ3n) is 1.57. The first-order valence-corrected chi connectivity index (χ1v) is 12.3. The van der Waals surface area contributed by atoms with Gasteiger partial charge >= 0.3 is 7.82 Å². The van der Waals surface area contributed by atoms with Crippen LogP contribution in [0.5, 0.6) is 0 Å². The molecule has 0 aromatic heterocycles. The van der Waals surface area contributed by atoms with Crippen LogP contribution in [0, 0.1) is 0 Å². The van der Waals surface area contributed by atoms with Gasteiger partial charge in [0.05, 0.1) is 26.4 Å². The monoisotopic (exact) mass is 384 g/mol. The van der Waals surface area contributed by atoms with Crippen LogP contribution in [0.4, 0.5) is 0 Å². The Kier molecular flexibility index (Phi) is 16.4. The average Bonchev–Trinajstić information content (AvgIpc) is 2.46. The number of rotatable bonds is 15. The Morgan fingerprint density at radius 3 is 1.60 bits per heavy atom. The number of hydrogen-bond donors (Lipinski definition) is 2. The molecule has 0 aromatic rings. The van der Waals surface area contributed by atoms with E-state index in [1.54, 1.807) is 0 Å². The maximum absolute atomic E-state index is 12.0. The van der Waals surface area contributed by atoms with Gasteiger partial charge in [-0.2, -0.15) is 0 Å². The van der Waals surface area contributed by atoms with E-state index in [-0.39, 0.29) is 26.4 Å². The highest BCUT2D eigenvalue weighted by molar-refractivity contribution is 8.77. The Bertz CT molecular complexity index is 241. The maximum atomic E-state index is 12.0. The zero-order chi connectivity index (χ0) is 15.1. The lowest BCUT2D eigenvalue weighted by atomic mass is 10.9. The summed E-state index contributed by atoms with van der Waals surface area (Å²) in [5.74, 6) is 2.60. The highest BCUT2D eigenvalue weighted by atomic mass is 33.1. The van der Waals surface area contributed by atoms with Crippen LogP contribution in [0.1, 0.15) is 0 Å². The number of phosphoric ester groups is 1. The lowest BCUT2D eigenvalue weighted by Crippen LogP contribution is -2.03. The summed E-state index contributed by atoms with van der Waals surface area (Å²) >= 11 is 0. The van der Waals surface area contributed by atoms with Gasteiger partial charge in [-0.15, -0.1) is 0 Å². The topological polar surface area (TPSA) is 85.2 Å². The highest BCUT2D eigenvalue weighted by Crippen LogP contribution is 2.48. The van der Waals surface area contributed by atoms with Gasteiger partial charge < -0.3 is 10.2 Å². The van der Waals surface area contributed by atoms with Crippen LogP contribution in [0.3, 0.4) is 0 Å². The normalized spacial score (nSPS) is 11.9. The predicted octanol–water partition coefficient (Wildman–Crippen LogP) is 2.52. The van der Waals surface area contributed by atoms with E-state index >= 15 is 0 Å². The summed E-state index contributed by atoms with van der Waals surface area (Å²) in [6.45, 7) is 0.815. The predicted molar refractivity (Wildman–Crippen MR) is 90.5 cm³/mol.